The van der Waals surface area contributed by atoms with E-state index in [0.717, 1.165) is 70.8 Å². The summed E-state index contributed by atoms with van der Waals surface area (Å²) in [5.41, 5.74) is 10.8. The molecule has 0 aromatic carbocycles. The first-order chi connectivity index (χ1) is 15.4. The van der Waals surface area contributed by atoms with Gasteiger partial charge < -0.3 is 21.1 Å². The van der Waals surface area contributed by atoms with E-state index in [4.69, 9.17) is 10.5 Å². The summed E-state index contributed by atoms with van der Waals surface area (Å²) in [5, 5.41) is 17.5. The van der Waals surface area contributed by atoms with Crippen LogP contribution in [0.5, 0.6) is 0 Å². The van der Waals surface area contributed by atoms with Crippen molar-refractivity contribution in [2.24, 2.45) is 5.73 Å². The van der Waals surface area contributed by atoms with Gasteiger partial charge in [-0.2, -0.15) is 0 Å². The Morgan fingerprint density at radius 2 is 2.12 bits per heavy atom. The van der Waals surface area contributed by atoms with E-state index in [1.54, 1.807) is 0 Å². The minimum absolute atomic E-state index is 0.102. The first kappa shape index (κ1) is 25.8. The number of nitrogens with two attached hydrogens (primary N) is 1. The number of hydrazine groups is 1. The molecule has 0 bridgehead atoms. The van der Waals surface area contributed by atoms with Crippen LogP contribution in [0.1, 0.15) is 53.4 Å². The normalized spacial score (nSPS) is 34.9. The third-order valence-electron chi connectivity index (χ3n) is 6.91. The smallest absolute Gasteiger partial charge is 0.116 e. The van der Waals surface area contributed by atoms with Crippen molar-refractivity contribution < 1.29 is 4.74 Å². The molecule has 0 amide bonds. The Labute approximate surface area is 195 Å². The number of piperazine rings is 1. The lowest BCUT2D eigenvalue weighted by molar-refractivity contribution is 0.00979. The number of allylic oxidation sites excluding steroid dienone is 1. The minimum Gasteiger partial charge on any atom is -0.380 e. The SMILES string of the molecule is C=C(CCCC(C)N)NC1NC(N2CCN[C@@H](C)C2)NC2C1N(CCOCC)N[C@@H]2CC. The number of fused-ring (bicyclic) bond motifs is 1. The molecular formula is C23H48N8O. The Hall–Kier alpha value is -0.780. The molecule has 0 aromatic rings. The van der Waals surface area contributed by atoms with Crippen LogP contribution in [-0.4, -0.2) is 92.0 Å². The molecule has 0 aromatic heterocycles. The number of hydrogen-bond acceptors (Lipinski definition) is 9. The number of rotatable bonds is 12. The van der Waals surface area contributed by atoms with Gasteiger partial charge in [-0.15, -0.1) is 0 Å². The number of ether oxygens (including phenoxy) is 1. The summed E-state index contributed by atoms with van der Waals surface area (Å²) < 4.78 is 5.68. The van der Waals surface area contributed by atoms with Crippen molar-refractivity contribution in [3.8, 4) is 0 Å². The van der Waals surface area contributed by atoms with E-state index in [1.165, 1.54) is 0 Å². The second kappa shape index (κ2) is 12.6. The highest BCUT2D eigenvalue weighted by molar-refractivity contribution is 5.09. The van der Waals surface area contributed by atoms with E-state index in [-0.39, 0.29) is 24.5 Å². The zero-order valence-corrected chi connectivity index (χ0v) is 20.7. The zero-order chi connectivity index (χ0) is 23.1. The first-order valence-electron chi connectivity index (χ1n) is 12.7. The lowest BCUT2D eigenvalue weighted by Crippen LogP contribution is -2.76. The lowest BCUT2D eigenvalue weighted by atomic mass is 9.95. The average molecular weight is 453 g/mol. The van der Waals surface area contributed by atoms with Crippen LogP contribution in [0.3, 0.4) is 0 Å². The molecule has 7 atom stereocenters. The van der Waals surface area contributed by atoms with Gasteiger partial charge in [-0.3, -0.25) is 15.5 Å². The Morgan fingerprint density at radius 1 is 1.31 bits per heavy atom. The predicted molar refractivity (Wildman–Crippen MR) is 131 cm³/mol. The Morgan fingerprint density at radius 3 is 2.81 bits per heavy atom. The third-order valence-corrected chi connectivity index (χ3v) is 6.91. The number of hydrogen-bond donors (Lipinski definition) is 6. The second-order valence-corrected chi connectivity index (χ2v) is 9.73. The number of nitrogens with zero attached hydrogens (tertiary/aromatic N) is 2. The molecule has 3 aliphatic rings. The van der Waals surface area contributed by atoms with Gasteiger partial charge in [0.2, 0.25) is 0 Å². The minimum atomic E-state index is 0.102. The van der Waals surface area contributed by atoms with Crippen LogP contribution in [-0.2, 0) is 4.74 Å². The monoisotopic (exact) mass is 452 g/mol. The standard InChI is InChI=1S/C23H48N8O/c1-6-19-20-21(31(29-19)13-14-32-7-2)22(26-17(4)10-8-9-16(3)24)28-23(27-20)30-12-11-25-18(5)15-30/h16,18-23,25-29H,4,6-15,24H2,1-3,5H3/t16?,18-,19+,20?,21?,22?,23?/m0/s1. The highest BCUT2D eigenvalue weighted by Crippen LogP contribution is 2.25. The molecule has 9 heteroatoms. The Balaban J connectivity index is 1.72. The second-order valence-electron chi connectivity index (χ2n) is 9.73. The summed E-state index contributed by atoms with van der Waals surface area (Å²) in [6.45, 7) is 18.4. The fourth-order valence-electron chi connectivity index (χ4n) is 5.24. The summed E-state index contributed by atoms with van der Waals surface area (Å²) in [4.78, 5) is 2.53. The number of nitrogens with one attached hydrogen (secondary N) is 5. The van der Waals surface area contributed by atoms with Gasteiger partial charge in [-0.1, -0.05) is 13.5 Å². The van der Waals surface area contributed by atoms with Gasteiger partial charge in [0.1, 0.15) is 6.29 Å². The van der Waals surface area contributed by atoms with E-state index < -0.39 is 0 Å². The maximum absolute atomic E-state index is 5.94. The highest BCUT2D eigenvalue weighted by atomic mass is 16.5. The fraction of sp³-hybridized carbons (Fsp3) is 0.913. The van der Waals surface area contributed by atoms with Gasteiger partial charge >= 0.3 is 0 Å². The molecule has 0 radical (unpaired) electrons. The average Bonchev–Trinajstić information content (AvgIpc) is 3.11. The zero-order valence-electron chi connectivity index (χ0n) is 20.7. The molecule has 186 valence electrons. The lowest BCUT2D eigenvalue weighted by Gasteiger charge is -2.49. The molecule has 3 heterocycles. The highest BCUT2D eigenvalue weighted by Gasteiger charge is 2.50. The first-order valence-corrected chi connectivity index (χ1v) is 12.7. The maximum Gasteiger partial charge on any atom is 0.116 e. The van der Waals surface area contributed by atoms with Crippen molar-refractivity contribution in [2.45, 2.75) is 96.0 Å². The van der Waals surface area contributed by atoms with Gasteiger partial charge in [0.25, 0.3) is 0 Å². The van der Waals surface area contributed by atoms with Crippen LogP contribution in [0.25, 0.3) is 0 Å². The van der Waals surface area contributed by atoms with Crippen molar-refractivity contribution in [2.75, 3.05) is 39.4 Å². The molecule has 3 fully saturated rings. The summed E-state index contributed by atoms with van der Waals surface area (Å²) in [7, 11) is 0. The summed E-state index contributed by atoms with van der Waals surface area (Å²) in [6, 6.07) is 1.73. The van der Waals surface area contributed by atoms with Gasteiger partial charge in [0.05, 0.1) is 18.8 Å². The molecule has 0 spiro atoms. The quantitative estimate of drug-likeness (QED) is 0.230. The van der Waals surface area contributed by atoms with E-state index in [2.05, 4.69) is 64.0 Å². The third kappa shape index (κ3) is 6.87. The largest absolute Gasteiger partial charge is 0.380 e. The van der Waals surface area contributed by atoms with E-state index in [0.29, 0.717) is 18.1 Å². The van der Waals surface area contributed by atoms with Gasteiger partial charge in [0, 0.05) is 62.7 Å². The van der Waals surface area contributed by atoms with Gasteiger partial charge in [0.15, 0.2) is 0 Å². The summed E-state index contributed by atoms with van der Waals surface area (Å²) in [5.74, 6) is 0. The van der Waals surface area contributed by atoms with Crippen molar-refractivity contribution in [1.29, 1.82) is 0 Å². The van der Waals surface area contributed by atoms with Gasteiger partial charge in [-0.25, -0.2) is 10.4 Å². The molecule has 32 heavy (non-hydrogen) atoms. The van der Waals surface area contributed by atoms with Crippen molar-refractivity contribution >= 4 is 0 Å². The predicted octanol–water partition coefficient (Wildman–Crippen LogP) is 0.0759. The van der Waals surface area contributed by atoms with Crippen LogP contribution in [0.15, 0.2) is 12.3 Å². The summed E-state index contributed by atoms with van der Waals surface area (Å²) >= 11 is 0. The molecule has 3 rings (SSSR count). The molecule has 0 saturated carbocycles. The Bertz CT molecular complexity index is 576. The van der Waals surface area contributed by atoms with Crippen molar-refractivity contribution in [3.63, 3.8) is 0 Å². The van der Waals surface area contributed by atoms with Crippen LogP contribution in [0, 0.1) is 0 Å². The molecule has 3 saturated heterocycles. The van der Waals surface area contributed by atoms with Crippen LogP contribution >= 0.6 is 0 Å². The van der Waals surface area contributed by atoms with Crippen LogP contribution < -0.4 is 32.4 Å². The fourth-order valence-corrected chi connectivity index (χ4v) is 5.24. The molecule has 9 nitrogen and oxygen atoms in total. The molecule has 0 aliphatic carbocycles. The van der Waals surface area contributed by atoms with Gasteiger partial charge in [-0.05, 0) is 46.5 Å². The van der Waals surface area contributed by atoms with Crippen molar-refractivity contribution in [1.82, 2.24) is 36.6 Å². The topological polar surface area (TPSA) is 102 Å². The molecule has 7 N–H and O–H groups in total. The van der Waals surface area contributed by atoms with Crippen LogP contribution in [0.4, 0.5) is 0 Å². The van der Waals surface area contributed by atoms with E-state index in [9.17, 15) is 0 Å². The summed E-state index contributed by atoms with van der Waals surface area (Å²) in [6.07, 6.45) is 4.34. The molecular weight excluding hydrogens is 404 g/mol. The molecule has 3 aliphatic heterocycles. The van der Waals surface area contributed by atoms with E-state index >= 15 is 0 Å². The van der Waals surface area contributed by atoms with Crippen molar-refractivity contribution in [3.05, 3.63) is 12.3 Å². The molecule has 5 unspecified atom stereocenters. The Kier molecular flexibility index (Phi) is 10.2. The van der Waals surface area contributed by atoms with E-state index in [1.807, 2.05) is 6.92 Å². The van der Waals surface area contributed by atoms with Crippen LogP contribution in [0.2, 0.25) is 0 Å². The maximum atomic E-state index is 5.94.